The Morgan fingerprint density at radius 1 is 1.38 bits per heavy atom. The Morgan fingerprint density at radius 2 is 2.10 bits per heavy atom. The van der Waals surface area contributed by atoms with Crippen LogP contribution in [0.1, 0.15) is 32.3 Å². The molecule has 3 rings (SSSR count). The summed E-state index contributed by atoms with van der Waals surface area (Å²) in [5.74, 6) is 0.160. The van der Waals surface area contributed by atoms with Crippen molar-refractivity contribution in [3.05, 3.63) is 41.7 Å². The first-order valence-electron chi connectivity index (χ1n) is 9.69. The van der Waals surface area contributed by atoms with Crippen LogP contribution in [0.25, 0.3) is 5.69 Å². The number of hydrogen-bond acceptors (Lipinski definition) is 5. The van der Waals surface area contributed by atoms with Crippen molar-refractivity contribution >= 4 is 20.8 Å². The molecular weight excluding hydrogens is 393 g/mol. The number of cyclic esters (lactones) is 1. The predicted octanol–water partition coefficient (Wildman–Crippen LogP) is 3.13. The summed E-state index contributed by atoms with van der Waals surface area (Å²) in [6.45, 7) is 10.5. The lowest BCUT2D eigenvalue weighted by molar-refractivity contribution is 0.0963. The summed E-state index contributed by atoms with van der Waals surface area (Å²) in [4.78, 5) is 18.0. The van der Waals surface area contributed by atoms with Gasteiger partial charge in [0, 0.05) is 11.6 Å². The van der Waals surface area contributed by atoms with E-state index in [4.69, 9.17) is 9.16 Å². The topological polar surface area (TPSA) is 76.8 Å². The summed E-state index contributed by atoms with van der Waals surface area (Å²) in [5.41, 5.74) is 1.38. The van der Waals surface area contributed by atoms with E-state index in [-0.39, 0.29) is 18.6 Å². The number of imidazole rings is 1. The van der Waals surface area contributed by atoms with E-state index < -0.39 is 27.1 Å². The molecule has 9 heteroatoms. The summed E-state index contributed by atoms with van der Waals surface area (Å²) in [7, 11) is -1.27. The van der Waals surface area contributed by atoms with Gasteiger partial charge in [-0.15, -0.1) is 0 Å². The number of hydrogen-bond donors (Lipinski definition) is 1. The quantitative estimate of drug-likeness (QED) is 0.725. The standard InChI is InChI=1S/C20H28FN3O4Si/c1-20(2,3)17-10-24(18(22-17)12-27-29(4)5)16-7-6-13(8-15(16)21)23-9-14(11-25)28-19(23)26/h6-8,10,14,25,29H,9,11-12H2,1-5H3/t14-/m1/s1. The molecule has 0 saturated carbocycles. The van der Waals surface area contributed by atoms with Crippen molar-refractivity contribution < 1.29 is 23.5 Å². The Kier molecular flexibility index (Phi) is 6.11. The highest BCUT2D eigenvalue weighted by atomic mass is 28.3. The van der Waals surface area contributed by atoms with Gasteiger partial charge in [-0.05, 0) is 31.3 Å². The Hall–Kier alpha value is -2.23. The lowest BCUT2D eigenvalue weighted by Gasteiger charge is -2.16. The minimum Gasteiger partial charge on any atom is -0.441 e. The molecule has 158 valence electrons. The third-order valence-corrected chi connectivity index (χ3v) is 5.51. The SMILES string of the molecule is C[SiH](C)OCc1nc(C(C)(C)C)cn1-c1ccc(N2C[C@H](CO)OC2=O)cc1F. The number of aliphatic hydroxyl groups excluding tert-OH is 1. The minimum absolute atomic E-state index is 0.186. The molecule has 1 aliphatic heterocycles. The third kappa shape index (κ3) is 4.68. The van der Waals surface area contributed by atoms with E-state index in [1.54, 1.807) is 16.7 Å². The zero-order chi connectivity index (χ0) is 21.3. The van der Waals surface area contributed by atoms with Crippen molar-refractivity contribution in [1.82, 2.24) is 9.55 Å². The first kappa shape index (κ1) is 21.5. The van der Waals surface area contributed by atoms with Crippen LogP contribution in [0.4, 0.5) is 14.9 Å². The van der Waals surface area contributed by atoms with Crippen LogP contribution in [0.2, 0.25) is 13.1 Å². The Balaban J connectivity index is 1.96. The van der Waals surface area contributed by atoms with E-state index in [2.05, 4.69) is 38.8 Å². The molecule has 1 aliphatic rings. The van der Waals surface area contributed by atoms with Crippen LogP contribution in [0.15, 0.2) is 24.4 Å². The van der Waals surface area contributed by atoms with Gasteiger partial charge in [0.15, 0.2) is 9.04 Å². The number of carbonyl (C=O) groups is 1. The summed E-state index contributed by atoms with van der Waals surface area (Å²) in [5, 5.41) is 9.19. The Morgan fingerprint density at radius 3 is 2.66 bits per heavy atom. The van der Waals surface area contributed by atoms with Crippen LogP contribution in [0.3, 0.4) is 0 Å². The molecule has 0 aliphatic carbocycles. The van der Waals surface area contributed by atoms with E-state index in [9.17, 15) is 9.90 Å². The molecule has 29 heavy (non-hydrogen) atoms. The third-order valence-electron chi connectivity index (χ3n) is 4.67. The van der Waals surface area contributed by atoms with E-state index >= 15 is 4.39 Å². The maximum absolute atomic E-state index is 15.1. The molecule has 2 aromatic rings. The van der Waals surface area contributed by atoms with E-state index in [0.29, 0.717) is 23.8 Å². The van der Waals surface area contributed by atoms with Crippen molar-refractivity contribution in [3.8, 4) is 5.69 Å². The molecule has 1 aromatic carbocycles. The van der Waals surface area contributed by atoms with Gasteiger partial charge in [0.05, 0.1) is 36.8 Å². The molecule has 0 spiro atoms. The van der Waals surface area contributed by atoms with E-state index in [0.717, 1.165) is 5.69 Å². The molecule has 1 fully saturated rings. The van der Waals surface area contributed by atoms with E-state index in [1.165, 1.54) is 11.0 Å². The van der Waals surface area contributed by atoms with E-state index in [1.807, 2.05) is 6.20 Å². The van der Waals surface area contributed by atoms with Crippen molar-refractivity contribution in [2.24, 2.45) is 0 Å². The number of anilines is 1. The van der Waals surface area contributed by atoms with Gasteiger partial charge < -0.3 is 14.3 Å². The maximum atomic E-state index is 15.1. The molecule has 1 atom stereocenters. The maximum Gasteiger partial charge on any atom is 0.414 e. The molecule has 0 radical (unpaired) electrons. The highest BCUT2D eigenvalue weighted by Crippen LogP contribution is 2.28. The first-order valence-corrected chi connectivity index (χ1v) is 12.5. The first-order chi connectivity index (χ1) is 13.6. The number of aromatic nitrogens is 2. The van der Waals surface area contributed by atoms with Crippen molar-refractivity contribution in [3.63, 3.8) is 0 Å². The number of rotatable bonds is 6. The lowest BCUT2D eigenvalue weighted by atomic mass is 9.93. The number of benzene rings is 1. The van der Waals surface area contributed by atoms with Gasteiger partial charge in [-0.2, -0.15) is 0 Å². The Labute approximate surface area is 171 Å². The molecule has 2 heterocycles. The zero-order valence-electron chi connectivity index (χ0n) is 17.5. The van der Waals surface area contributed by atoms with Gasteiger partial charge in [-0.3, -0.25) is 9.47 Å². The molecule has 1 N–H and O–H groups in total. The number of halogens is 1. The van der Waals surface area contributed by atoms with Gasteiger partial charge >= 0.3 is 6.09 Å². The smallest absolute Gasteiger partial charge is 0.414 e. The Bertz CT molecular complexity index is 894. The number of aliphatic hydroxyl groups is 1. The molecule has 0 bridgehead atoms. The second-order valence-corrected chi connectivity index (χ2v) is 10.9. The lowest BCUT2D eigenvalue weighted by Crippen LogP contribution is -2.25. The monoisotopic (exact) mass is 421 g/mol. The van der Waals surface area contributed by atoms with Crippen LogP contribution in [0, 0.1) is 5.82 Å². The highest BCUT2D eigenvalue weighted by molar-refractivity contribution is 6.48. The summed E-state index contributed by atoms with van der Waals surface area (Å²) >= 11 is 0. The van der Waals surface area contributed by atoms with Gasteiger partial charge in [0.2, 0.25) is 0 Å². The fourth-order valence-electron chi connectivity index (χ4n) is 3.02. The molecule has 1 saturated heterocycles. The number of carbonyl (C=O) groups excluding carboxylic acids is 1. The fourth-order valence-corrected chi connectivity index (χ4v) is 3.50. The second kappa shape index (κ2) is 8.25. The van der Waals surface area contributed by atoms with Crippen LogP contribution in [-0.2, 0) is 21.2 Å². The van der Waals surface area contributed by atoms with Crippen molar-refractivity contribution in [2.75, 3.05) is 18.1 Å². The molecular formula is C20H28FN3O4Si. The molecule has 7 nitrogen and oxygen atoms in total. The number of amides is 1. The molecule has 0 unspecified atom stereocenters. The second-order valence-electron chi connectivity index (χ2n) is 8.46. The number of nitrogens with zero attached hydrogens (tertiary/aromatic N) is 3. The van der Waals surface area contributed by atoms with Crippen molar-refractivity contribution in [1.29, 1.82) is 0 Å². The summed E-state index contributed by atoms with van der Waals surface area (Å²) in [6.07, 6.45) is 0.645. The van der Waals surface area contributed by atoms with Gasteiger partial charge in [0.1, 0.15) is 17.7 Å². The fraction of sp³-hybridized carbons (Fsp3) is 0.500. The average Bonchev–Trinajstić information content (AvgIpc) is 3.23. The van der Waals surface area contributed by atoms with Gasteiger partial charge in [-0.25, -0.2) is 14.2 Å². The predicted molar refractivity (Wildman–Crippen MR) is 111 cm³/mol. The van der Waals surface area contributed by atoms with Crippen LogP contribution in [0.5, 0.6) is 0 Å². The van der Waals surface area contributed by atoms with Crippen LogP contribution >= 0.6 is 0 Å². The van der Waals surface area contributed by atoms with Crippen LogP contribution < -0.4 is 4.90 Å². The molecule has 1 aromatic heterocycles. The largest absolute Gasteiger partial charge is 0.441 e. The van der Waals surface area contributed by atoms with Gasteiger partial charge in [-0.1, -0.05) is 20.8 Å². The van der Waals surface area contributed by atoms with Gasteiger partial charge in [0.25, 0.3) is 0 Å². The summed E-state index contributed by atoms with van der Waals surface area (Å²) < 4.78 is 27.7. The van der Waals surface area contributed by atoms with Crippen molar-refractivity contribution in [2.45, 2.75) is 52.0 Å². The molecule has 1 amide bonds. The summed E-state index contributed by atoms with van der Waals surface area (Å²) in [6, 6.07) is 4.58. The normalized spacial score (nSPS) is 17.3. The zero-order valence-corrected chi connectivity index (χ0v) is 18.6. The number of ether oxygens (including phenoxy) is 1. The van der Waals surface area contributed by atoms with Crippen LogP contribution in [-0.4, -0.2) is 49.0 Å². The minimum atomic E-state index is -1.27. The average molecular weight is 422 g/mol. The highest BCUT2D eigenvalue weighted by Gasteiger charge is 2.32.